The standard InChI is InChI=1S/C20H17N3O2/c1-21-17-9-2-4-11-19(17)22(20-12-5-3-10-18(20)21)14-15-7-6-8-16(13-15)23(24)25/h2-13H,14H2,1H3. The monoisotopic (exact) mass is 331 g/mol. The molecule has 0 amide bonds. The number of rotatable bonds is 3. The van der Waals surface area contributed by atoms with Crippen LogP contribution in [0.3, 0.4) is 0 Å². The van der Waals surface area contributed by atoms with Crippen molar-refractivity contribution in [1.82, 2.24) is 0 Å². The molecule has 25 heavy (non-hydrogen) atoms. The smallest absolute Gasteiger partial charge is 0.269 e. The minimum Gasteiger partial charge on any atom is -0.341 e. The molecular weight excluding hydrogens is 314 g/mol. The topological polar surface area (TPSA) is 49.6 Å². The van der Waals surface area contributed by atoms with Gasteiger partial charge in [0.2, 0.25) is 0 Å². The zero-order chi connectivity index (χ0) is 17.4. The van der Waals surface area contributed by atoms with Crippen molar-refractivity contribution in [3.05, 3.63) is 88.5 Å². The maximum atomic E-state index is 11.1. The minimum absolute atomic E-state index is 0.119. The van der Waals surface area contributed by atoms with Crippen LogP contribution >= 0.6 is 0 Å². The van der Waals surface area contributed by atoms with Gasteiger partial charge in [0.25, 0.3) is 5.69 Å². The Hall–Kier alpha value is -3.34. The van der Waals surface area contributed by atoms with Gasteiger partial charge in [-0.05, 0) is 29.8 Å². The number of anilines is 4. The van der Waals surface area contributed by atoms with E-state index < -0.39 is 0 Å². The molecule has 0 aromatic heterocycles. The molecule has 3 aromatic rings. The van der Waals surface area contributed by atoms with Crippen LogP contribution in [0.2, 0.25) is 0 Å². The lowest BCUT2D eigenvalue weighted by Crippen LogP contribution is -2.26. The van der Waals surface area contributed by atoms with Gasteiger partial charge in [0.05, 0.1) is 27.7 Å². The predicted octanol–water partition coefficient (Wildman–Crippen LogP) is 5.01. The van der Waals surface area contributed by atoms with E-state index in [0.29, 0.717) is 6.54 Å². The summed E-state index contributed by atoms with van der Waals surface area (Å²) in [6.07, 6.45) is 0. The average Bonchev–Trinajstić information content (AvgIpc) is 2.65. The second kappa shape index (κ2) is 5.94. The molecule has 0 bridgehead atoms. The van der Waals surface area contributed by atoms with E-state index >= 15 is 0 Å². The molecule has 0 saturated carbocycles. The van der Waals surface area contributed by atoms with Crippen LogP contribution in [0.15, 0.2) is 72.8 Å². The van der Waals surface area contributed by atoms with Crippen molar-refractivity contribution < 1.29 is 4.92 Å². The highest BCUT2D eigenvalue weighted by molar-refractivity contribution is 5.92. The fourth-order valence-corrected chi connectivity index (χ4v) is 3.33. The molecule has 5 heteroatoms. The first-order chi connectivity index (χ1) is 12.1. The predicted molar refractivity (Wildman–Crippen MR) is 99.9 cm³/mol. The number of hydrogen-bond acceptors (Lipinski definition) is 4. The van der Waals surface area contributed by atoms with Crippen molar-refractivity contribution in [2.24, 2.45) is 0 Å². The highest BCUT2D eigenvalue weighted by atomic mass is 16.6. The minimum atomic E-state index is -0.352. The molecule has 0 atom stereocenters. The highest BCUT2D eigenvalue weighted by Crippen LogP contribution is 2.47. The van der Waals surface area contributed by atoms with Gasteiger partial charge in [0.1, 0.15) is 0 Å². The first-order valence-electron chi connectivity index (χ1n) is 8.08. The van der Waals surface area contributed by atoms with Crippen LogP contribution < -0.4 is 9.80 Å². The van der Waals surface area contributed by atoms with Crippen molar-refractivity contribution in [1.29, 1.82) is 0 Å². The molecule has 0 spiro atoms. The normalized spacial score (nSPS) is 12.5. The number of benzene rings is 3. The summed E-state index contributed by atoms with van der Waals surface area (Å²) >= 11 is 0. The van der Waals surface area contributed by atoms with Crippen LogP contribution in [-0.2, 0) is 6.54 Å². The van der Waals surface area contributed by atoms with Crippen LogP contribution in [0.5, 0.6) is 0 Å². The van der Waals surface area contributed by atoms with Gasteiger partial charge in [-0.2, -0.15) is 0 Å². The third kappa shape index (κ3) is 2.59. The molecule has 0 saturated heterocycles. The Morgan fingerprint density at radius 3 is 1.96 bits per heavy atom. The van der Waals surface area contributed by atoms with E-state index in [4.69, 9.17) is 0 Å². The Labute approximate surface area is 145 Å². The van der Waals surface area contributed by atoms with Gasteiger partial charge in [0.15, 0.2) is 0 Å². The number of para-hydroxylation sites is 4. The van der Waals surface area contributed by atoms with Crippen molar-refractivity contribution in [2.75, 3.05) is 16.8 Å². The Morgan fingerprint density at radius 1 is 0.840 bits per heavy atom. The van der Waals surface area contributed by atoms with Crippen LogP contribution in [0.1, 0.15) is 5.56 Å². The summed E-state index contributed by atoms with van der Waals surface area (Å²) in [5, 5.41) is 11.1. The first-order valence-corrected chi connectivity index (χ1v) is 8.08. The molecule has 3 aromatic carbocycles. The third-order valence-corrected chi connectivity index (χ3v) is 4.53. The Bertz CT molecular complexity index is 907. The van der Waals surface area contributed by atoms with Gasteiger partial charge < -0.3 is 9.80 Å². The lowest BCUT2D eigenvalue weighted by atomic mass is 10.1. The van der Waals surface area contributed by atoms with Crippen molar-refractivity contribution in [3.63, 3.8) is 0 Å². The van der Waals surface area contributed by atoms with Crippen molar-refractivity contribution >= 4 is 28.4 Å². The van der Waals surface area contributed by atoms with Gasteiger partial charge in [-0.25, -0.2) is 0 Å². The third-order valence-electron chi connectivity index (χ3n) is 4.53. The molecule has 0 unspecified atom stereocenters. The van der Waals surface area contributed by atoms with E-state index in [1.54, 1.807) is 12.1 Å². The van der Waals surface area contributed by atoms with E-state index in [2.05, 4.69) is 41.1 Å². The number of nitro benzene ring substituents is 1. The molecule has 4 rings (SSSR count). The number of non-ortho nitro benzene ring substituents is 1. The molecule has 5 nitrogen and oxygen atoms in total. The summed E-state index contributed by atoms with van der Waals surface area (Å²) in [6.45, 7) is 0.573. The van der Waals surface area contributed by atoms with E-state index in [1.165, 1.54) is 6.07 Å². The van der Waals surface area contributed by atoms with Gasteiger partial charge in [0, 0.05) is 25.7 Å². The highest BCUT2D eigenvalue weighted by Gasteiger charge is 2.25. The fourth-order valence-electron chi connectivity index (χ4n) is 3.33. The first kappa shape index (κ1) is 15.2. The molecule has 0 N–H and O–H groups in total. The summed E-state index contributed by atoms with van der Waals surface area (Å²) in [4.78, 5) is 15.1. The molecule has 0 fully saturated rings. The second-order valence-electron chi connectivity index (χ2n) is 6.05. The average molecular weight is 331 g/mol. The number of fused-ring (bicyclic) bond motifs is 2. The van der Waals surface area contributed by atoms with Gasteiger partial charge in [-0.15, -0.1) is 0 Å². The lowest BCUT2D eigenvalue weighted by molar-refractivity contribution is -0.384. The summed E-state index contributed by atoms with van der Waals surface area (Å²) < 4.78 is 0. The van der Waals surface area contributed by atoms with Gasteiger partial charge >= 0.3 is 0 Å². The maximum absolute atomic E-state index is 11.1. The lowest BCUT2D eigenvalue weighted by Gasteiger charge is -2.38. The molecular formula is C20H17N3O2. The fraction of sp³-hybridized carbons (Fsp3) is 0.100. The summed E-state index contributed by atoms with van der Waals surface area (Å²) in [5.41, 5.74) is 5.44. The Kier molecular flexibility index (Phi) is 3.61. The largest absolute Gasteiger partial charge is 0.341 e. The van der Waals surface area contributed by atoms with Crippen molar-refractivity contribution in [3.8, 4) is 0 Å². The SMILES string of the molecule is CN1c2ccccc2N(Cc2cccc([N+](=O)[O-])c2)c2ccccc21. The molecule has 1 aliphatic rings. The van der Waals surface area contributed by atoms with E-state index in [1.807, 2.05) is 30.3 Å². The zero-order valence-corrected chi connectivity index (χ0v) is 13.8. The quantitative estimate of drug-likeness (QED) is 0.500. The van der Waals surface area contributed by atoms with Crippen LogP contribution in [0.25, 0.3) is 0 Å². The summed E-state index contributed by atoms with van der Waals surface area (Å²) in [7, 11) is 2.06. The maximum Gasteiger partial charge on any atom is 0.269 e. The van der Waals surface area contributed by atoms with Crippen molar-refractivity contribution in [2.45, 2.75) is 6.54 Å². The van der Waals surface area contributed by atoms with E-state index in [0.717, 1.165) is 28.3 Å². The Balaban J connectivity index is 1.81. The molecule has 1 heterocycles. The summed E-state index contributed by atoms with van der Waals surface area (Å²) in [5.74, 6) is 0. The van der Waals surface area contributed by atoms with E-state index in [9.17, 15) is 10.1 Å². The van der Waals surface area contributed by atoms with Crippen LogP contribution in [0.4, 0.5) is 28.4 Å². The molecule has 0 aliphatic carbocycles. The number of nitro groups is 1. The second-order valence-corrected chi connectivity index (χ2v) is 6.05. The number of hydrogen-bond donors (Lipinski definition) is 0. The number of nitrogens with zero attached hydrogens (tertiary/aromatic N) is 3. The summed E-state index contributed by atoms with van der Waals surface area (Å²) in [6, 6.07) is 23.2. The zero-order valence-electron chi connectivity index (χ0n) is 13.8. The van der Waals surface area contributed by atoms with Gasteiger partial charge in [-0.1, -0.05) is 36.4 Å². The molecule has 1 aliphatic heterocycles. The Morgan fingerprint density at radius 2 is 1.40 bits per heavy atom. The molecule has 124 valence electrons. The van der Waals surface area contributed by atoms with Crippen LogP contribution in [-0.4, -0.2) is 12.0 Å². The van der Waals surface area contributed by atoms with Gasteiger partial charge in [-0.3, -0.25) is 10.1 Å². The molecule has 0 radical (unpaired) electrons. The van der Waals surface area contributed by atoms with Crippen LogP contribution in [0, 0.1) is 10.1 Å². The van der Waals surface area contributed by atoms with E-state index in [-0.39, 0.29) is 10.6 Å².